The molecule has 1 aliphatic heterocycles. The Labute approximate surface area is 155 Å². The number of amides is 2. The first-order valence-electron chi connectivity index (χ1n) is 9.32. The normalized spacial score (nSPS) is 20.1. The van der Waals surface area contributed by atoms with Crippen LogP contribution in [0.1, 0.15) is 57.4 Å². The number of nitrogens with one attached hydrogen (secondary N) is 1. The maximum absolute atomic E-state index is 12.8. The average molecular weight is 363 g/mol. The molecule has 25 heavy (non-hydrogen) atoms. The van der Waals surface area contributed by atoms with Crippen molar-refractivity contribution in [1.82, 2.24) is 10.2 Å². The van der Waals surface area contributed by atoms with E-state index in [9.17, 15) is 9.59 Å². The van der Waals surface area contributed by atoms with Gasteiger partial charge in [0, 0.05) is 18.2 Å². The second-order valence-corrected chi connectivity index (χ2v) is 7.98. The first-order chi connectivity index (χ1) is 12.1. The van der Waals surface area contributed by atoms with Gasteiger partial charge >= 0.3 is 0 Å². The highest BCUT2D eigenvalue weighted by atomic mass is 32.2. The Hall–Kier alpha value is -1.49. The molecule has 2 rings (SSSR count). The maximum Gasteiger partial charge on any atom is 0.243 e. The summed E-state index contributed by atoms with van der Waals surface area (Å²) < 4.78 is 0. The van der Waals surface area contributed by atoms with Gasteiger partial charge in [-0.05, 0) is 12.0 Å². The summed E-state index contributed by atoms with van der Waals surface area (Å²) in [7, 11) is 0. The van der Waals surface area contributed by atoms with Crippen LogP contribution >= 0.6 is 11.8 Å². The van der Waals surface area contributed by atoms with E-state index in [-0.39, 0.29) is 29.1 Å². The molecule has 1 N–H and O–H groups in total. The first kappa shape index (κ1) is 19.8. The molecule has 0 bridgehead atoms. The highest BCUT2D eigenvalue weighted by Crippen LogP contribution is 2.42. The van der Waals surface area contributed by atoms with Gasteiger partial charge in [-0.1, -0.05) is 70.4 Å². The summed E-state index contributed by atoms with van der Waals surface area (Å²) in [6.45, 7) is 6.66. The topological polar surface area (TPSA) is 49.4 Å². The van der Waals surface area contributed by atoms with Crippen LogP contribution in [0.2, 0.25) is 0 Å². The van der Waals surface area contributed by atoms with Gasteiger partial charge < -0.3 is 10.2 Å². The predicted molar refractivity (Wildman–Crippen MR) is 104 cm³/mol. The van der Waals surface area contributed by atoms with Gasteiger partial charge in [-0.3, -0.25) is 9.59 Å². The zero-order valence-electron chi connectivity index (χ0n) is 15.5. The summed E-state index contributed by atoms with van der Waals surface area (Å²) >= 11 is 1.68. The van der Waals surface area contributed by atoms with Gasteiger partial charge in [-0.2, -0.15) is 0 Å². The molecule has 1 saturated heterocycles. The van der Waals surface area contributed by atoms with Gasteiger partial charge in [0.1, 0.15) is 11.4 Å². The molecule has 0 aliphatic carbocycles. The summed E-state index contributed by atoms with van der Waals surface area (Å²) in [4.78, 5) is 27.3. The van der Waals surface area contributed by atoms with Crippen molar-refractivity contribution in [3.63, 3.8) is 0 Å². The third-order valence-electron chi connectivity index (χ3n) is 4.47. The molecule has 1 aromatic carbocycles. The average Bonchev–Trinajstić information content (AvgIpc) is 3.06. The van der Waals surface area contributed by atoms with Gasteiger partial charge in [0.25, 0.3) is 0 Å². The largest absolute Gasteiger partial charge is 0.354 e. The smallest absolute Gasteiger partial charge is 0.243 e. The van der Waals surface area contributed by atoms with Gasteiger partial charge in [0.15, 0.2) is 0 Å². The zero-order chi connectivity index (χ0) is 18.2. The lowest BCUT2D eigenvalue weighted by molar-refractivity contribution is -0.142. The van der Waals surface area contributed by atoms with Crippen molar-refractivity contribution in [1.29, 1.82) is 0 Å². The number of unbranched alkanes of at least 4 members (excludes halogenated alkanes) is 3. The van der Waals surface area contributed by atoms with E-state index in [0.29, 0.717) is 12.3 Å². The summed E-state index contributed by atoms with van der Waals surface area (Å²) in [6, 6.07) is 9.62. The molecule has 0 saturated carbocycles. The fourth-order valence-electron chi connectivity index (χ4n) is 3.03. The van der Waals surface area contributed by atoms with Crippen LogP contribution in [0.3, 0.4) is 0 Å². The second kappa shape index (κ2) is 9.85. The lowest BCUT2D eigenvalue weighted by Crippen LogP contribution is -2.49. The molecule has 1 aliphatic rings. The molecule has 138 valence electrons. The van der Waals surface area contributed by atoms with E-state index < -0.39 is 0 Å². The zero-order valence-corrected chi connectivity index (χ0v) is 16.3. The second-order valence-electron chi connectivity index (χ2n) is 6.86. The van der Waals surface area contributed by atoms with Crippen LogP contribution in [-0.2, 0) is 9.59 Å². The van der Waals surface area contributed by atoms with E-state index in [1.807, 2.05) is 44.2 Å². The molecular formula is C20H30N2O2S. The van der Waals surface area contributed by atoms with E-state index in [1.165, 1.54) is 12.8 Å². The Kier molecular flexibility index (Phi) is 7.82. The van der Waals surface area contributed by atoms with Gasteiger partial charge in [-0.25, -0.2) is 0 Å². The number of benzene rings is 1. The highest BCUT2D eigenvalue weighted by molar-refractivity contribution is 7.99. The Morgan fingerprint density at radius 1 is 1.20 bits per heavy atom. The van der Waals surface area contributed by atoms with Crippen LogP contribution in [0.5, 0.6) is 0 Å². The molecule has 1 aromatic rings. The fourth-order valence-corrected chi connectivity index (χ4v) is 4.47. The van der Waals surface area contributed by atoms with Crippen molar-refractivity contribution in [2.75, 3.05) is 12.3 Å². The fraction of sp³-hybridized carbons (Fsp3) is 0.600. The summed E-state index contributed by atoms with van der Waals surface area (Å²) in [5.74, 6) is 0.560. The first-order valence-corrected chi connectivity index (χ1v) is 10.4. The van der Waals surface area contributed by atoms with E-state index in [2.05, 4.69) is 12.2 Å². The molecular weight excluding hydrogens is 332 g/mol. The summed E-state index contributed by atoms with van der Waals surface area (Å²) in [5.41, 5.74) is 1.08. The number of rotatable bonds is 8. The van der Waals surface area contributed by atoms with Crippen molar-refractivity contribution in [2.24, 2.45) is 5.92 Å². The molecule has 2 unspecified atom stereocenters. The Morgan fingerprint density at radius 2 is 1.92 bits per heavy atom. The minimum absolute atomic E-state index is 0.0172. The van der Waals surface area contributed by atoms with Crippen molar-refractivity contribution >= 4 is 23.6 Å². The maximum atomic E-state index is 12.8. The summed E-state index contributed by atoms with van der Waals surface area (Å²) in [5, 5.41) is 2.96. The predicted octanol–water partition coefficient (Wildman–Crippen LogP) is 3.98. The SMILES string of the molecule is CCCCCCNC(=O)C1CSC(c2ccccc2)N1C(=O)C(C)C. The van der Waals surface area contributed by atoms with Crippen LogP contribution in [0.4, 0.5) is 0 Å². The van der Waals surface area contributed by atoms with Crippen molar-refractivity contribution in [3.05, 3.63) is 35.9 Å². The van der Waals surface area contributed by atoms with Gasteiger partial charge in [-0.15, -0.1) is 11.8 Å². The molecule has 1 fully saturated rings. The van der Waals surface area contributed by atoms with Crippen molar-refractivity contribution in [2.45, 2.75) is 57.9 Å². The molecule has 1 heterocycles. The van der Waals surface area contributed by atoms with E-state index in [0.717, 1.165) is 18.4 Å². The molecule has 2 amide bonds. The van der Waals surface area contributed by atoms with E-state index >= 15 is 0 Å². The summed E-state index contributed by atoms with van der Waals surface area (Å²) in [6.07, 6.45) is 4.52. The minimum atomic E-state index is -0.378. The lowest BCUT2D eigenvalue weighted by atomic mass is 10.1. The van der Waals surface area contributed by atoms with Crippen LogP contribution in [0, 0.1) is 5.92 Å². The standard InChI is InChI=1S/C20H30N2O2S/c1-4-5-6-10-13-21-18(23)17-14-25-20(16-11-8-7-9-12-16)22(17)19(24)15(2)3/h7-9,11-12,15,17,20H,4-6,10,13-14H2,1-3H3,(H,21,23). The Morgan fingerprint density at radius 3 is 2.56 bits per heavy atom. The highest BCUT2D eigenvalue weighted by Gasteiger charge is 2.42. The molecule has 2 atom stereocenters. The number of hydrogen-bond donors (Lipinski definition) is 1. The number of carbonyl (C=O) groups excluding carboxylic acids is 2. The Bertz CT molecular complexity index is 562. The molecule has 5 heteroatoms. The van der Waals surface area contributed by atoms with Crippen LogP contribution in [0.25, 0.3) is 0 Å². The number of nitrogens with zero attached hydrogens (tertiary/aromatic N) is 1. The molecule has 4 nitrogen and oxygen atoms in total. The van der Waals surface area contributed by atoms with Crippen molar-refractivity contribution < 1.29 is 9.59 Å². The third-order valence-corrected chi connectivity index (χ3v) is 5.79. The number of carbonyl (C=O) groups is 2. The minimum Gasteiger partial charge on any atom is -0.354 e. The Balaban J connectivity index is 2.06. The molecule has 0 radical (unpaired) electrons. The van der Waals surface area contributed by atoms with Gasteiger partial charge in [0.05, 0.1) is 0 Å². The van der Waals surface area contributed by atoms with Crippen LogP contribution in [-0.4, -0.2) is 35.1 Å². The lowest BCUT2D eigenvalue weighted by Gasteiger charge is -2.30. The quantitative estimate of drug-likeness (QED) is 0.712. The van der Waals surface area contributed by atoms with Crippen molar-refractivity contribution in [3.8, 4) is 0 Å². The number of thioether (sulfide) groups is 1. The van der Waals surface area contributed by atoms with Gasteiger partial charge in [0.2, 0.25) is 11.8 Å². The molecule has 0 aromatic heterocycles. The van der Waals surface area contributed by atoms with Crippen LogP contribution in [0.15, 0.2) is 30.3 Å². The molecule has 0 spiro atoms. The van der Waals surface area contributed by atoms with E-state index in [4.69, 9.17) is 0 Å². The monoisotopic (exact) mass is 362 g/mol. The third kappa shape index (κ3) is 5.24. The van der Waals surface area contributed by atoms with E-state index in [1.54, 1.807) is 16.7 Å². The van der Waals surface area contributed by atoms with Crippen LogP contribution < -0.4 is 5.32 Å². The number of hydrogen-bond acceptors (Lipinski definition) is 3.